The molecule has 0 N–H and O–H groups in total. The molecule has 3 nitrogen and oxygen atoms in total. The number of hydrogen-bond acceptors (Lipinski definition) is 4. The Labute approximate surface area is 181 Å². The van der Waals surface area contributed by atoms with Gasteiger partial charge in [0.1, 0.15) is 18.1 Å². The van der Waals surface area contributed by atoms with E-state index in [9.17, 15) is 4.79 Å². The Bertz CT molecular complexity index is 820. The first-order valence-corrected chi connectivity index (χ1v) is 10.6. The average molecular weight is 415 g/mol. The van der Waals surface area contributed by atoms with Crippen molar-refractivity contribution >= 4 is 18.7 Å². The molecule has 2 rings (SSSR count). The fourth-order valence-electron chi connectivity index (χ4n) is 3.84. The molecule has 0 aromatic heterocycles. The maximum Gasteiger partial charge on any atom is 0.175 e. The van der Waals surface area contributed by atoms with E-state index in [1.807, 2.05) is 32.9 Å². The molecule has 2 aromatic rings. The molecule has 0 bridgehead atoms. The van der Waals surface area contributed by atoms with E-state index in [1.165, 1.54) is 11.1 Å². The zero-order valence-corrected chi connectivity index (χ0v) is 19.7. The van der Waals surface area contributed by atoms with Crippen LogP contribution in [-0.4, -0.2) is 12.4 Å². The van der Waals surface area contributed by atoms with Crippen LogP contribution in [0, 0.1) is 19.3 Å². The summed E-state index contributed by atoms with van der Waals surface area (Å²) < 4.78 is 11.0. The molecule has 158 valence electrons. The van der Waals surface area contributed by atoms with Gasteiger partial charge in [-0.1, -0.05) is 58.9 Å². The van der Waals surface area contributed by atoms with E-state index < -0.39 is 5.41 Å². The second-order valence-corrected chi connectivity index (χ2v) is 8.99. The topological polar surface area (TPSA) is 35.5 Å². The Morgan fingerprint density at radius 3 is 1.86 bits per heavy atom. The number of aryl methyl sites for hydroxylation is 2. The third-order valence-corrected chi connectivity index (χ3v) is 6.11. The largest absolute Gasteiger partial charge is 0.486 e. The van der Waals surface area contributed by atoms with Crippen molar-refractivity contribution in [3.05, 3.63) is 58.7 Å². The summed E-state index contributed by atoms with van der Waals surface area (Å²) in [7, 11) is 0. The lowest BCUT2D eigenvalue weighted by Gasteiger charge is -2.34. The zero-order chi connectivity index (χ0) is 21.8. The van der Waals surface area contributed by atoms with E-state index in [2.05, 4.69) is 64.9 Å². The SMILES string of the molecule is CCC(CC)(c1ccc(OCC(=O)C(C)(C)C)cc1)c1cc(C)c(OS)c(C)c1. The van der Waals surface area contributed by atoms with Crippen LogP contribution < -0.4 is 8.92 Å². The van der Waals surface area contributed by atoms with Gasteiger partial charge in [-0.15, -0.1) is 0 Å². The van der Waals surface area contributed by atoms with E-state index in [1.54, 1.807) is 0 Å². The molecule has 0 aliphatic carbocycles. The maximum absolute atomic E-state index is 12.1. The summed E-state index contributed by atoms with van der Waals surface area (Å²) >= 11 is 4.00. The highest BCUT2D eigenvalue weighted by molar-refractivity contribution is 7.75. The molecule has 0 unspecified atom stereocenters. The maximum atomic E-state index is 12.1. The molecular formula is C25H34O3S. The van der Waals surface area contributed by atoms with Gasteiger partial charge in [0, 0.05) is 23.7 Å². The van der Waals surface area contributed by atoms with Crippen molar-refractivity contribution in [1.29, 1.82) is 0 Å². The van der Waals surface area contributed by atoms with Crippen molar-refractivity contribution in [3.63, 3.8) is 0 Å². The number of hydrogen-bond donors (Lipinski definition) is 1. The number of ketones is 1. The van der Waals surface area contributed by atoms with Crippen LogP contribution in [0.1, 0.15) is 69.7 Å². The summed E-state index contributed by atoms with van der Waals surface area (Å²) in [6, 6.07) is 12.6. The summed E-state index contributed by atoms with van der Waals surface area (Å²) in [5.41, 5.74) is 4.21. The normalized spacial score (nSPS) is 12.0. The van der Waals surface area contributed by atoms with Gasteiger partial charge >= 0.3 is 0 Å². The predicted molar refractivity (Wildman–Crippen MR) is 123 cm³/mol. The molecule has 0 atom stereocenters. The lowest BCUT2D eigenvalue weighted by molar-refractivity contribution is -0.128. The fourth-order valence-corrected chi connectivity index (χ4v) is 4.13. The van der Waals surface area contributed by atoms with E-state index >= 15 is 0 Å². The van der Waals surface area contributed by atoms with Crippen LogP contribution in [0.5, 0.6) is 11.5 Å². The second-order valence-electron chi connectivity index (χ2n) is 8.81. The molecule has 0 aliphatic rings. The number of carbonyl (C=O) groups excluding carboxylic acids is 1. The third kappa shape index (κ3) is 4.98. The van der Waals surface area contributed by atoms with Crippen LogP contribution in [0.25, 0.3) is 0 Å². The number of rotatable bonds is 8. The second kappa shape index (κ2) is 9.25. The molecule has 0 spiro atoms. The Morgan fingerprint density at radius 1 is 0.931 bits per heavy atom. The summed E-state index contributed by atoms with van der Waals surface area (Å²) in [4.78, 5) is 12.1. The first kappa shape index (κ1) is 23.3. The van der Waals surface area contributed by atoms with Gasteiger partial charge in [-0.3, -0.25) is 4.79 Å². The Kier molecular flexibility index (Phi) is 7.45. The van der Waals surface area contributed by atoms with E-state index in [0.29, 0.717) is 0 Å². The molecular weight excluding hydrogens is 380 g/mol. The van der Waals surface area contributed by atoms with Crippen molar-refractivity contribution < 1.29 is 13.7 Å². The number of ether oxygens (including phenoxy) is 1. The van der Waals surface area contributed by atoms with E-state index in [0.717, 1.165) is 35.5 Å². The molecule has 2 aromatic carbocycles. The highest BCUT2D eigenvalue weighted by Gasteiger charge is 2.31. The fraction of sp³-hybridized carbons (Fsp3) is 0.480. The van der Waals surface area contributed by atoms with Crippen molar-refractivity contribution in [3.8, 4) is 11.5 Å². The van der Waals surface area contributed by atoms with Gasteiger partial charge in [-0.05, 0) is 61.1 Å². The van der Waals surface area contributed by atoms with E-state index in [-0.39, 0.29) is 17.8 Å². The van der Waals surface area contributed by atoms with Crippen LogP contribution in [0.2, 0.25) is 0 Å². The Morgan fingerprint density at radius 2 is 1.45 bits per heavy atom. The molecule has 0 heterocycles. The highest BCUT2D eigenvalue weighted by atomic mass is 32.1. The first-order chi connectivity index (χ1) is 13.6. The predicted octanol–water partition coefficient (Wildman–Crippen LogP) is 6.63. The Hall–Kier alpha value is -1.94. The summed E-state index contributed by atoms with van der Waals surface area (Å²) in [6.45, 7) is 14.4. The van der Waals surface area contributed by atoms with Gasteiger partial charge in [0.25, 0.3) is 0 Å². The number of Topliss-reactive ketones (excluding diaryl/α,β-unsaturated/α-hetero) is 1. The van der Waals surface area contributed by atoms with Crippen molar-refractivity contribution in [2.45, 2.75) is 66.7 Å². The molecule has 0 saturated heterocycles. The van der Waals surface area contributed by atoms with Crippen LogP contribution in [0.3, 0.4) is 0 Å². The summed E-state index contributed by atoms with van der Waals surface area (Å²) in [5.74, 6) is 1.64. The first-order valence-electron chi connectivity index (χ1n) is 10.3. The molecule has 29 heavy (non-hydrogen) atoms. The standard InChI is InChI=1S/C25H34O3S/c1-8-25(9-2,20-14-17(3)23(28-29)18(4)15-20)19-10-12-21(13-11-19)27-16-22(26)24(5,6)7/h10-15,29H,8-9,16H2,1-7H3. The molecule has 0 saturated carbocycles. The molecule has 0 radical (unpaired) electrons. The van der Waals surface area contributed by atoms with E-state index in [4.69, 9.17) is 8.92 Å². The molecule has 0 fully saturated rings. The molecule has 0 amide bonds. The van der Waals surface area contributed by atoms with Gasteiger partial charge in [0.05, 0.1) is 0 Å². The number of benzene rings is 2. The lowest BCUT2D eigenvalue weighted by atomic mass is 9.70. The Balaban J connectivity index is 2.35. The smallest absolute Gasteiger partial charge is 0.175 e. The zero-order valence-electron chi connectivity index (χ0n) is 18.8. The van der Waals surface area contributed by atoms with Gasteiger partial charge in [-0.2, -0.15) is 0 Å². The third-order valence-electron chi connectivity index (χ3n) is 5.92. The molecule has 4 heteroatoms. The van der Waals surface area contributed by atoms with Crippen molar-refractivity contribution in [2.24, 2.45) is 5.41 Å². The minimum Gasteiger partial charge on any atom is -0.486 e. The summed E-state index contributed by atoms with van der Waals surface area (Å²) in [5, 5.41) is 0. The van der Waals surface area contributed by atoms with Gasteiger partial charge in [-0.25, -0.2) is 0 Å². The minimum atomic E-state index is -0.391. The highest BCUT2D eigenvalue weighted by Crippen LogP contribution is 2.42. The van der Waals surface area contributed by atoms with Crippen molar-refractivity contribution in [1.82, 2.24) is 0 Å². The average Bonchev–Trinajstić information content (AvgIpc) is 2.67. The number of thiol groups is 1. The van der Waals surface area contributed by atoms with Gasteiger partial charge in [0.2, 0.25) is 0 Å². The van der Waals surface area contributed by atoms with Crippen molar-refractivity contribution in [2.75, 3.05) is 6.61 Å². The molecule has 0 aliphatic heterocycles. The van der Waals surface area contributed by atoms with Crippen LogP contribution in [0.15, 0.2) is 36.4 Å². The van der Waals surface area contributed by atoms with Gasteiger partial charge < -0.3 is 8.92 Å². The van der Waals surface area contributed by atoms with Crippen LogP contribution in [-0.2, 0) is 10.2 Å². The quantitative estimate of drug-likeness (QED) is 0.389. The number of carbonyl (C=O) groups is 1. The van der Waals surface area contributed by atoms with Gasteiger partial charge in [0.15, 0.2) is 5.78 Å². The monoisotopic (exact) mass is 414 g/mol. The lowest BCUT2D eigenvalue weighted by Crippen LogP contribution is -2.27. The van der Waals surface area contributed by atoms with Crippen LogP contribution >= 0.6 is 12.9 Å². The van der Waals surface area contributed by atoms with Crippen LogP contribution in [0.4, 0.5) is 0 Å². The summed E-state index contributed by atoms with van der Waals surface area (Å²) in [6.07, 6.45) is 1.96. The minimum absolute atomic E-state index is 0.0928.